The third kappa shape index (κ3) is 19.7. The Labute approximate surface area is 255 Å². The Morgan fingerprint density at radius 2 is 0.878 bits per heavy atom. The van der Waals surface area contributed by atoms with E-state index < -0.39 is 0 Å². The molecule has 0 aliphatic heterocycles. The van der Waals surface area contributed by atoms with Gasteiger partial charge in [-0.2, -0.15) is 0 Å². The van der Waals surface area contributed by atoms with E-state index in [1.165, 1.54) is 116 Å². The van der Waals surface area contributed by atoms with Crippen molar-refractivity contribution in [3.8, 4) is 0 Å². The largest absolute Gasteiger partial charge is 0.462 e. The van der Waals surface area contributed by atoms with Gasteiger partial charge in [0.05, 0.1) is 24.0 Å². The summed E-state index contributed by atoms with van der Waals surface area (Å²) in [4.78, 5) is 26.3. The lowest BCUT2D eigenvalue weighted by Crippen LogP contribution is -2.39. The molecule has 4 nitrogen and oxygen atoms in total. The number of rotatable bonds is 26. The van der Waals surface area contributed by atoms with E-state index in [0.29, 0.717) is 5.92 Å². The van der Waals surface area contributed by atoms with Crippen LogP contribution in [0.2, 0.25) is 0 Å². The zero-order valence-corrected chi connectivity index (χ0v) is 28.2. The Morgan fingerprint density at radius 3 is 1.27 bits per heavy atom. The summed E-state index contributed by atoms with van der Waals surface area (Å²) in [5.41, 5.74) is 0. The summed E-state index contributed by atoms with van der Waals surface area (Å²) in [5, 5.41) is 0. The molecule has 0 bridgehead atoms. The third-order valence-corrected chi connectivity index (χ3v) is 9.28. The Morgan fingerprint density at radius 1 is 0.537 bits per heavy atom. The molecule has 0 heterocycles. The highest BCUT2D eigenvalue weighted by atomic mass is 16.6. The molecule has 1 saturated carbocycles. The first-order valence-electron chi connectivity index (χ1n) is 18.3. The SMILES string of the molecule is CCCCCCCCCCCCC(C)OC(=O)C1CCC(C)CC1C(=O)OC(C)CCCCCCCCCCCC. The van der Waals surface area contributed by atoms with Crippen molar-refractivity contribution in [3.63, 3.8) is 0 Å². The predicted molar refractivity (Wildman–Crippen MR) is 174 cm³/mol. The van der Waals surface area contributed by atoms with Gasteiger partial charge < -0.3 is 9.47 Å². The minimum Gasteiger partial charge on any atom is -0.462 e. The van der Waals surface area contributed by atoms with E-state index in [1.807, 2.05) is 13.8 Å². The number of carbonyl (C=O) groups excluding carboxylic acids is 2. The topological polar surface area (TPSA) is 52.6 Å². The molecule has 0 aromatic rings. The summed E-state index contributed by atoms with van der Waals surface area (Å²) in [5.74, 6) is -0.622. The average molecular weight is 579 g/mol. The number of carbonyl (C=O) groups is 2. The number of esters is 2. The average Bonchev–Trinajstić information content (AvgIpc) is 2.94. The first-order chi connectivity index (χ1) is 19.9. The molecule has 0 N–H and O–H groups in total. The second-order valence-electron chi connectivity index (χ2n) is 13.6. The number of hydrogen-bond donors (Lipinski definition) is 0. The molecule has 0 amide bonds. The predicted octanol–water partition coefficient (Wildman–Crippen LogP) is 11.5. The van der Waals surface area contributed by atoms with Crippen LogP contribution in [-0.2, 0) is 19.1 Å². The number of ether oxygens (including phenoxy) is 2. The Hall–Kier alpha value is -1.06. The van der Waals surface area contributed by atoms with Crippen LogP contribution < -0.4 is 0 Å². The smallest absolute Gasteiger partial charge is 0.310 e. The minimum absolute atomic E-state index is 0.0807. The van der Waals surface area contributed by atoms with E-state index in [2.05, 4.69) is 20.8 Å². The highest BCUT2D eigenvalue weighted by Crippen LogP contribution is 2.36. The first kappa shape index (κ1) is 38.0. The Kier molecular flexibility index (Phi) is 23.6. The van der Waals surface area contributed by atoms with Gasteiger partial charge in [-0.15, -0.1) is 0 Å². The van der Waals surface area contributed by atoms with Gasteiger partial charge in [0.1, 0.15) is 0 Å². The van der Waals surface area contributed by atoms with Crippen LogP contribution in [0.15, 0.2) is 0 Å². The molecule has 5 atom stereocenters. The lowest BCUT2D eigenvalue weighted by atomic mass is 9.74. The molecular formula is C37H70O4. The van der Waals surface area contributed by atoms with Crippen molar-refractivity contribution in [3.05, 3.63) is 0 Å². The van der Waals surface area contributed by atoms with Crippen molar-refractivity contribution in [2.24, 2.45) is 17.8 Å². The molecule has 0 saturated heterocycles. The van der Waals surface area contributed by atoms with E-state index in [4.69, 9.17) is 9.47 Å². The highest BCUT2D eigenvalue weighted by Gasteiger charge is 2.40. The van der Waals surface area contributed by atoms with Crippen molar-refractivity contribution < 1.29 is 19.1 Å². The molecule has 0 aromatic carbocycles. The minimum atomic E-state index is -0.356. The van der Waals surface area contributed by atoms with Gasteiger partial charge in [0.25, 0.3) is 0 Å². The van der Waals surface area contributed by atoms with Crippen molar-refractivity contribution in [2.75, 3.05) is 0 Å². The summed E-state index contributed by atoms with van der Waals surface area (Å²) in [6.07, 6.45) is 30.3. The van der Waals surface area contributed by atoms with E-state index in [-0.39, 0.29) is 36.0 Å². The summed E-state index contributed by atoms with van der Waals surface area (Å²) < 4.78 is 11.8. The standard InChI is InChI=1S/C37H70O4/c1-6-8-10-12-14-16-18-20-22-24-26-32(4)40-36(38)34-29-28-31(3)30-35(34)37(39)41-33(5)27-25-23-21-19-17-15-13-11-9-7-2/h31-35H,6-30H2,1-5H3. The van der Waals surface area contributed by atoms with Gasteiger partial charge in [0.2, 0.25) is 0 Å². The lowest BCUT2D eigenvalue weighted by Gasteiger charge is -2.33. The van der Waals surface area contributed by atoms with Gasteiger partial charge in [0, 0.05) is 0 Å². The van der Waals surface area contributed by atoms with E-state index >= 15 is 0 Å². The molecular weight excluding hydrogens is 508 g/mol. The van der Waals surface area contributed by atoms with Gasteiger partial charge in [-0.25, -0.2) is 0 Å². The van der Waals surface area contributed by atoms with Crippen LogP contribution in [0.3, 0.4) is 0 Å². The summed E-state index contributed by atoms with van der Waals surface area (Å²) >= 11 is 0. The van der Waals surface area contributed by atoms with E-state index in [0.717, 1.165) is 44.9 Å². The second-order valence-corrected chi connectivity index (χ2v) is 13.6. The number of hydrogen-bond acceptors (Lipinski definition) is 4. The fraction of sp³-hybridized carbons (Fsp3) is 0.946. The molecule has 1 aliphatic carbocycles. The third-order valence-electron chi connectivity index (χ3n) is 9.28. The summed E-state index contributed by atoms with van der Waals surface area (Å²) in [6, 6.07) is 0. The first-order valence-corrected chi connectivity index (χ1v) is 18.3. The van der Waals surface area contributed by atoms with Crippen molar-refractivity contribution in [2.45, 2.75) is 207 Å². The Bertz CT molecular complexity index is 632. The van der Waals surface area contributed by atoms with Crippen LogP contribution in [0.1, 0.15) is 195 Å². The molecule has 0 aromatic heterocycles. The zero-order valence-electron chi connectivity index (χ0n) is 28.2. The van der Waals surface area contributed by atoms with E-state index in [9.17, 15) is 9.59 Å². The van der Waals surface area contributed by atoms with Crippen LogP contribution in [0.4, 0.5) is 0 Å². The van der Waals surface area contributed by atoms with Crippen molar-refractivity contribution >= 4 is 11.9 Å². The maximum atomic E-state index is 13.2. The molecule has 4 heteroatoms. The quantitative estimate of drug-likeness (QED) is 0.0756. The number of unbranched alkanes of at least 4 members (excludes halogenated alkanes) is 18. The summed E-state index contributed by atoms with van der Waals surface area (Å²) in [7, 11) is 0. The second kappa shape index (κ2) is 25.4. The van der Waals surface area contributed by atoms with Gasteiger partial charge >= 0.3 is 11.9 Å². The van der Waals surface area contributed by atoms with Crippen LogP contribution in [0, 0.1) is 17.8 Å². The van der Waals surface area contributed by atoms with Crippen LogP contribution in [-0.4, -0.2) is 24.1 Å². The van der Waals surface area contributed by atoms with Crippen molar-refractivity contribution in [1.29, 1.82) is 0 Å². The molecule has 1 fully saturated rings. The molecule has 0 radical (unpaired) electrons. The highest BCUT2D eigenvalue weighted by molar-refractivity contribution is 5.82. The molecule has 41 heavy (non-hydrogen) atoms. The van der Waals surface area contributed by atoms with Gasteiger partial charge in [0.15, 0.2) is 0 Å². The summed E-state index contributed by atoms with van der Waals surface area (Å²) in [6.45, 7) is 10.7. The normalized spacial score (nSPS) is 20.5. The zero-order chi connectivity index (χ0) is 30.1. The van der Waals surface area contributed by atoms with Crippen molar-refractivity contribution in [1.82, 2.24) is 0 Å². The van der Waals surface area contributed by atoms with E-state index in [1.54, 1.807) is 0 Å². The maximum Gasteiger partial charge on any atom is 0.310 e. The Balaban J connectivity index is 2.26. The van der Waals surface area contributed by atoms with Gasteiger partial charge in [-0.3, -0.25) is 9.59 Å². The van der Waals surface area contributed by atoms with Crippen LogP contribution in [0.25, 0.3) is 0 Å². The van der Waals surface area contributed by atoms with Gasteiger partial charge in [-0.1, -0.05) is 136 Å². The molecule has 242 valence electrons. The van der Waals surface area contributed by atoms with Crippen LogP contribution >= 0.6 is 0 Å². The monoisotopic (exact) mass is 579 g/mol. The fourth-order valence-electron chi connectivity index (χ4n) is 6.45. The fourth-order valence-corrected chi connectivity index (χ4v) is 6.45. The van der Waals surface area contributed by atoms with Gasteiger partial charge in [-0.05, 0) is 64.7 Å². The molecule has 5 unspecified atom stereocenters. The molecule has 1 aliphatic rings. The lowest BCUT2D eigenvalue weighted by molar-refractivity contribution is -0.169. The van der Waals surface area contributed by atoms with Crippen LogP contribution in [0.5, 0.6) is 0 Å². The maximum absolute atomic E-state index is 13.2. The molecule has 1 rings (SSSR count). The molecule has 0 spiro atoms.